The molecule has 2 aliphatic rings. The second kappa shape index (κ2) is 5.62. The van der Waals surface area contributed by atoms with E-state index in [0.29, 0.717) is 17.8 Å². The maximum atomic E-state index is 13.6. The molecular weight excluding hydrogens is 338 g/mol. The zero-order valence-electron chi connectivity index (χ0n) is 15.5. The van der Waals surface area contributed by atoms with E-state index in [4.69, 9.17) is 0 Å². The molecule has 1 N–H and O–H groups in total. The molecule has 1 aromatic heterocycles. The summed E-state index contributed by atoms with van der Waals surface area (Å²) in [4.78, 5) is 22.5. The number of fused-ring (bicyclic) bond motifs is 5. The van der Waals surface area contributed by atoms with Crippen molar-refractivity contribution in [2.24, 2.45) is 5.41 Å². The fourth-order valence-corrected chi connectivity index (χ4v) is 4.86. The number of aryl methyl sites for hydroxylation is 1. The molecule has 0 spiro atoms. The summed E-state index contributed by atoms with van der Waals surface area (Å²) in [6.45, 7) is 6.07. The van der Waals surface area contributed by atoms with E-state index in [1.807, 2.05) is 43.3 Å². The lowest BCUT2D eigenvalue weighted by Crippen LogP contribution is -2.47. The molecule has 2 atom stereocenters. The minimum absolute atomic E-state index is 0.0114. The van der Waals surface area contributed by atoms with E-state index in [-0.39, 0.29) is 23.2 Å². The van der Waals surface area contributed by atoms with E-state index in [0.717, 1.165) is 17.7 Å². The standard InChI is InChI=1S/C21H19N5O/c1-12-6-4-5-7-14(12)26-19(27)21-9-8-13(20(21,2)3)17-18(21)25-16(11-23)15(10-22)24-17/h4-7,13H,8-9H2,1-3H3,(H,26,27). The van der Waals surface area contributed by atoms with Crippen LogP contribution in [0.25, 0.3) is 0 Å². The van der Waals surface area contributed by atoms with Crippen molar-refractivity contribution in [1.29, 1.82) is 10.5 Å². The number of anilines is 1. The second-order valence-corrected chi connectivity index (χ2v) is 7.87. The fourth-order valence-electron chi connectivity index (χ4n) is 4.86. The maximum Gasteiger partial charge on any atom is 0.237 e. The van der Waals surface area contributed by atoms with Crippen LogP contribution in [-0.4, -0.2) is 15.9 Å². The third-order valence-corrected chi connectivity index (χ3v) is 6.43. The van der Waals surface area contributed by atoms with E-state index in [1.165, 1.54) is 0 Å². The van der Waals surface area contributed by atoms with Gasteiger partial charge in [0, 0.05) is 11.6 Å². The van der Waals surface area contributed by atoms with Crippen molar-refractivity contribution in [2.45, 2.75) is 44.9 Å². The summed E-state index contributed by atoms with van der Waals surface area (Å²) in [6, 6.07) is 11.6. The molecule has 0 radical (unpaired) electrons. The highest BCUT2D eigenvalue weighted by molar-refractivity contribution is 6.01. The van der Waals surface area contributed by atoms with E-state index in [9.17, 15) is 15.3 Å². The Bertz CT molecular complexity index is 1060. The molecule has 2 bridgehead atoms. The predicted molar refractivity (Wildman–Crippen MR) is 98.7 cm³/mol. The number of para-hydroxylation sites is 1. The van der Waals surface area contributed by atoms with Crippen LogP contribution in [0.5, 0.6) is 0 Å². The molecule has 134 valence electrons. The number of nitrogens with zero attached hydrogens (tertiary/aromatic N) is 4. The fraction of sp³-hybridized carbons (Fsp3) is 0.381. The van der Waals surface area contributed by atoms with Gasteiger partial charge in [0.1, 0.15) is 12.1 Å². The molecule has 2 aliphatic carbocycles. The highest BCUT2D eigenvalue weighted by atomic mass is 16.2. The Morgan fingerprint density at radius 1 is 1.19 bits per heavy atom. The van der Waals surface area contributed by atoms with Crippen LogP contribution in [0.15, 0.2) is 24.3 Å². The summed E-state index contributed by atoms with van der Waals surface area (Å²) in [7, 11) is 0. The topological polar surface area (TPSA) is 102 Å². The average Bonchev–Trinajstić information content (AvgIpc) is 3.04. The quantitative estimate of drug-likeness (QED) is 0.888. The van der Waals surface area contributed by atoms with Gasteiger partial charge in [0.05, 0.1) is 16.8 Å². The number of hydrogen-bond acceptors (Lipinski definition) is 5. The molecule has 1 fully saturated rings. The van der Waals surface area contributed by atoms with Gasteiger partial charge in [0.25, 0.3) is 0 Å². The monoisotopic (exact) mass is 357 g/mol. The van der Waals surface area contributed by atoms with Gasteiger partial charge in [-0.1, -0.05) is 32.0 Å². The van der Waals surface area contributed by atoms with Gasteiger partial charge in [0.2, 0.25) is 5.91 Å². The van der Waals surface area contributed by atoms with Crippen LogP contribution in [0, 0.1) is 35.0 Å². The lowest BCUT2D eigenvalue weighted by molar-refractivity contribution is -0.124. The third-order valence-electron chi connectivity index (χ3n) is 6.43. The number of hydrogen-bond donors (Lipinski definition) is 1. The first-order valence-electron chi connectivity index (χ1n) is 8.96. The van der Waals surface area contributed by atoms with Gasteiger partial charge >= 0.3 is 0 Å². The van der Waals surface area contributed by atoms with Crippen LogP contribution in [0.2, 0.25) is 0 Å². The molecule has 6 nitrogen and oxygen atoms in total. The lowest BCUT2D eigenvalue weighted by Gasteiger charge is -2.36. The van der Waals surface area contributed by atoms with E-state index >= 15 is 0 Å². The Labute approximate surface area is 157 Å². The molecule has 4 rings (SSSR count). The van der Waals surface area contributed by atoms with Crippen molar-refractivity contribution in [2.75, 3.05) is 5.32 Å². The molecule has 1 saturated carbocycles. The van der Waals surface area contributed by atoms with Crippen molar-refractivity contribution in [3.05, 3.63) is 52.6 Å². The minimum Gasteiger partial charge on any atom is -0.325 e. The molecular formula is C21H19N5O. The zero-order valence-corrected chi connectivity index (χ0v) is 15.5. The highest BCUT2D eigenvalue weighted by Crippen LogP contribution is 2.67. The summed E-state index contributed by atoms with van der Waals surface area (Å²) >= 11 is 0. The Morgan fingerprint density at radius 2 is 1.85 bits per heavy atom. The summed E-state index contributed by atoms with van der Waals surface area (Å²) in [5.41, 5.74) is 1.78. The normalized spacial score (nSPS) is 24.0. The first-order chi connectivity index (χ1) is 12.9. The summed E-state index contributed by atoms with van der Waals surface area (Å²) in [6.07, 6.45) is 1.47. The van der Waals surface area contributed by atoms with Crippen LogP contribution in [0.1, 0.15) is 60.9 Å². The number of nitrogens with one attached hydrogen (secondary N) is 1. The Hall–Kier alpha value is -3.25. The van der Waals surface area contributed by atoms with Gasteiger partial charge in [0.15, 0.2) is 11.4 Å². The number of rotatable bonds is 2. The number of amides is 1. The van der Waals surface area contributed by atoms with Crippen molar-refractivity contribution >= 4 is 11.6 Å². The molecule has 27 heavy (non-hydrogen) atoms. The largest absolute Gasteiger partial charge is 0.325 e. The van der Waals surface area contributed by atoms with Gasteiger partial charge in [-0.3, -0.25) is 4.79 Å². The van der Waals surface area contributed by atoms with Crippen molar-refractivity contribution < 1.29 is 4.79 Å². The highest BCUT2D eigenvalue weighted by Gasteiger charge is 2.68. The first-order valence-corrected chi connectivity index (χ1v) is 8.96. The van der Waals surface area contributed by atoms with Crippen LogP contribution >= 0.6 is 0 Å². The predicted octanol–water partition coefficient (Wildman–Crippen LogP) is 3.32. The average molecular weight is 357 g/mol. The van der Waals surface area contributed by atoms with Gasteiger partial charge in [-0.2, -0.15) is 10.5 Å². The first kappa shape index (κ1) is 17.2. The van der Waals surface area contributed by atoms with E-state index < -0.39 is 10.8 Å². The SMILES string of the molecule is Cc1ccccc1NC(=O)C12CCC(c3nc(C#N)c(C#N)nc31)C2(C)C. The summed E-state index contributed by atoms with van der Waals surface area (Å²) in [5.74, 6) is -0.0755. The van der Waals surface area contributed by atoms with Gasteiger partial charge in [-0.05, 0) is 36.8 Å². The zero-order chi connectivity index (χ0) is 19.4. The van der Waals surface area contributed by atoms with Crippen LogP contribution in [-0.2, 0) is 10.2 Å². The molecule has 0 saturated heterocycles. The molecule has 1 aromatic carbocycles. The van der Waals surface area contributed by atoms with E-state index in [1.54, 1.807) is 0 Å². The number of benzene rings is 1. The molecule has 2 unspecified atom stereocenters. The number of carbonyl (C=O) groups is 1. The summed E-state index contributed by atoms with van der Waals surface area (Å²) < 4.78 is 0. The van der Waals surface area contributed by atoms with Crippen molar-refractivity contribution in [3.63, 3.8) is 0 Å². The molecule has 2 aromatic rings. The number of aromatic nitrogens is 2. The van der Waals surface area contributed by atoms with Crippen molar-refractivity contribution in [3.8, 4) is 12.1 Å². The minimum atomic E-state index is -0.859. The van der Waals surface area contributed by atoms with Gasteiger partial charge < -0.3 is 5.32 Å². The maximum absolute atomic E-state index is 13.6. The van der Waals surface area contributed by atoms with E-state index in [2.05, 4.69) is 29.1 Å². The van der Waals surface area contributed by atoms with Crippen LogP contribution in [0.3, 0.4) is 0 Å². The Morgan fingerprint density at radius 3 is 2.52 bits per heavy atom. The Kier molecular flexibility index (Phi) is 3.58. The van der Waals surface area contributed by atoms with Crippen LogP contribution < -0.4 is 5.32 Å². The van der Waals surface area contributed by atoms with Crippen molar-refractivity contribution in [1.82, 2.24) is 9.97 Å². The summed E-state index contributed by atoms with van der Waals surface area (Å²) in [5, 5.41) is 21.7. The lowest BCUT2D eigenvalue weighted by atomic mass is 9.67. The number of nitriles is 2. The molecule has 1 heterocycles. The number of carbonyl (C=O) groups excluding carboxylic acids is 1. The second-order valence-electron chi connectivity index (χ2n) is 7.87. The van der Waals surface area contributed by atoms with Crippen LogP contribution in [0.4, 0.5) is 5.69 Å². The third kappa shape index (κ3) is 2.07. The Balaban J connectivity index is 1.88. The molecule has 0 aliphatic heterocycles. The smallest absolute Gasteiger partial charge is 0.237 e. The molecule has 1 amide bonds. The molecule has 6 heteroatoms. The van der Waals surface area contributed by atoms with Gasteiger partial charge in [-0.15, -0.1) is 0 Å². The van der Waals surface area contributed by atoms with Gasteiger partial charge in [-0.25, -0.2) is 9.97 Å².